The maximum atomic E-state index is 12.4. The quantitative estimate of drug-likeness (QED) is 0.164. The molecule has 1 amide bonds. The van der Waals surface area contributed by atoms with Crippen molar-refractivity contribution in [3.63, 3.8) is 0 Å². The molecule has 3 aromatic carbocycles. The van der Waals surface area contributed by atoms with Gasteiger partial charge in [0.05, 0.1) is 16.8 Å². The molecule has 0 unspecified atom stereocenters. The molecular formula is C22H14BrCl3N2O4. The van der Waals surface area contributed by atoms with Crippen LogP contribution in [0.25, 0.3) is 0 Å². The van der Waals surface area contributed by atoms with Gasteiger partial charge in [-0.2, -0.15) is 5.10 Å². The highest BCUT2D eigenvalue weighted by Gasteiger charge is 2.12. The number of halogens is 4. The van der Waals surface area contributed by atoms with Crippen LogP contribution in [-0.2, 0) is 4.79 Å². The number of hydrogen-bond donors (Lipinski definition) is 1. The second-order valence-electron chi connectivity index (χ2n) is 6.21. The second kappa shape index (κ2) is 11.3. The topological polar surface area (TPSA) is 77.0 Å². The predicted molar refractivity (Wildman–Crippen MR) is 128 cm³/mol. The molecule has 0 aliphatic heterocycles. The van der Waals surface area contributed by atoms with E-state index in [9.17, 15) is 9.59 Å². The largest absolute Gasteiger partial charge is 0.482 e. The zero-order valence-corrected chi connectivity index (χ0v) is 20.0. The molecule has 0 saturated heterocycles. The number of nitrogens with zero attached hydrogens (tertiary/aromatic N) is 1. The van der Waals surface area contributed by atoms with Crippen molar-refractivity contribution in [2.24, 2.45) is 5.10 Å². The van der Waals surface area contributed by atoms with Gasteiger partial charge in [-0.3, -0.25) is 4.79 Å². The SMILES string of the molecule is O=C(COc1cccc(Cl)c1Cl)NN=Cc1cc(Br)ccc1OC(=O)c1ccc(Cl)cc1. The summed E-state index contributed by atoms with van der Waals surface area (Å²) in [6.07, 6.45) is 1.35. The van der Waals surface area contributed by atoms with Crippen molar-refractivity contribution < 1.29 is 19.1 Å². The van der Waals surface area contributed by atoms with Crippen LogP contribution in [-0.4, -0.2) is 24.7 Å². The molecule has 164 valence electrons. The van der Waals surface area contributed by atoms with Crippen LogP contribution in [0.2, 0.25) is 15.1 Å². The number of hydrogen-bond acceptors (Lipinski definition) is 5. The Balaban J connectivity index is 1.63. The molecule has 10 heteroatoms. The Morgan fingerprint density at radius 1 is 1.00 bits per heavy atom. The molecule has 0 atom stereocenters. The van der Waals surface area contributed by atoms with Crippen molar-refractivity contribution in [3.8, 4) is 11.5 Å². The molecule has 0 radical (unpaired) electrons. The fraction of sp³-hybridized carbons (Fsp3) is 0.0455. The third-order valence-electron chi connectivity index (χ3n) is 3.92. The summed E-state index contributed by atoms with van der Waals surface area (Å²) < 4.78 is 11.5. The summed E-state index contributed by atoms with van der Waals surface area (Å²) in [5.74, 6) is -0.545. The fourth-order valence-electron chi connectivity index (χ4n) is 2.40. The van der Waals surface area contributed by atoms with E-state index in [1.165, 1.54) is 6.21 Å². The third-order valence-corrected chi connectivity index (χ3v) is 5.47. The van der Waals surface area contributed by atoms with Gasteiger partial charge in [-0.05, 0) is 54.6 Å². The lowest BCUT2D eigenvalue weighted by Crippen LogP contribution is -2.24. The minimum atomic E-state index is -0.561. The van der Waals surface area contributed by atoms with E-state index in [0.717, 1.165) is 4.47 Å². The van der Waals surface area contributed by atoms with Gasteiger partial charge in [0.25, 0.3) is 5.91 Å². The number of hydrazone groups is 1. The Bertz CT molecular complexity index is 1170. The van der Waals surface area contributed by atoms with Gasteiger partial charge in [-0.15, -0.1) is 0 Å². The second-order valence-corrected chi connectivity index (χ2v) is 8.35. The molecule has 0 heterocycles. The third kappa shape index (κ3) is 6.71. The molecular weight excluding hydrogens is 543 g/mol. The molecule has 0 aromatic heterocycles. The summed E-state index contributed by atoms with van der Waals surface area (Å²) in [6.45, 7) is -0.325. The van der Waals surface area contributed by atoms with E-state index in [2.05, 4.69) is 26.5 Å². The Kier molecular flexibility index (Phi) is 8.53. The van der Waals surface area contributed by atoms with Crippen LogP contribution in [0, 0.1) is 0 Å². The van der Waals surface area contributed by atoms with E-state index >= 15 is 0 Å². The maximum Gasteiger partial charge on any atom is 0.343 e. The van der Waals surface area contributed by atoms with Crippen molar-refractivity contribution in [2.75, 3.05) is 6.61 Å². The Morgan fingerprint density at radius 2 is 1.75 bits per heavy atom. The van der Waals surface area contributed by atoms with Gasteiger partial charge in [0.15, 0.2) is 6.61 Å². The lowest BCUT2D eigenvalue weighted by molar-refractivity contribution is -0.123. The van der Waals surface area contributed by atoms with E-state index in [1.807, 2.05) is 0 Å². The Labute approximate surface area is 207 Å². The van der Waals surface area contributed by atoms with Crippen molar-refractivity contribution in [1.29, 1.82) is 0 Å². The highest BCUT2D eigenvalue weighted by Crippen LogP contribution is 2.31. The first-order valence-corrected chi connectivity index (χ1v) is 10.9. The molecule has 3 aromatic rings. The number of nitrogens with one attached hydrogen (secondary N) is 1. The minimum absolute atomic E-state index is 0.215. The van der Waals surface area contributed by atoms with E-state index in [-0.39, 0.29) is 23.1 Å². The van der Waals surface area contributed by atoms with Gasteiger partial charge < -0.3 is 9.47 Å². The summed E-state index contributed by atoms with van der Waals surface area (Å²) >= 11 is 21.1. The van der Waals surface area contributed by atoms with Gasteiger partial charge in [0.1, 0.15) is 16.5 Å². The summed E-state index contributed by atoms with van der Waals surface area (Å²) in [7, 11) is 0. The molecule has 0 saturated carbocycles. The molecule has 0 spiro atoms. The molecule has 6 nitrogen and oxygen atoms in total. The average molecular weight is 557 g/mol. The predicted octanol–water partition coefficient (Wildman–Crippen LogP) is 6.16. The highest BCUT2D eigenvalue weighted by molar-refractivity contribution is 9.10. The number of esters is 1. The van der Waals surface area contributed by atoms with Crippen LogP contribution in [0.5, 0.6) is 11.5 Å². The van der Waals surface area contributed by atoms with Crippen LogP contribution in [0.3, 0.4) is 0 Å². The number of ether oxygens (including phenoxy) is 2. The van der Waals surface area contributed by atoms with Crippen molar-refractivity contribution >= 4 is 68.8 Å². The lowest BCUT2D eigenvalue weighted by atomic mass is 10.2. The Morgan fingerprint density at radius 3 is 2.50 bits per heavy atom. The zero-order chi connectivity index (χ0) is 23.1. The smallest absolute Gasteiger partial charge is 0.343 e. The number of amides is 1. The number of rotatable bonds is 7. The van der Waals surface area contributed by atoms with E-state index < -0.39 is 11.9 Å². The molecule has 0 aliphatic carbocycles. The van der Waals surface area contributed by atoms with Gasteiger partial charge >= 0.3 is 5.97 Å². The summed E-state index contributed by atoms with van der Waals surface area (Å²) in [4.78, 5) is 24.4. The number of carbonyl (C=O) groups excluding carboxylic acids is 2. The van der Waals surface area contributed by atoms with Gasteiger partial charge in [0, 0.05) is 15.1 Å². The van der Waals surface area contributed by atoms with Crippen LogP contribution in [0.1, 0.15) is 15.9 Å². The van der Waals surface area contributed by atoms with Gasteiger partial charge in [-0.25, -0.2) is 10.2 Å². The van der Waals surface area contributed by atoms with Crippen LogP contribution >= 0.6 is 50.7 Å². The van der Waals surface area contributed by atoms with E-state index in [4.69, 9.17) is 44.3 Å². The Hall–Kier alpha value is -2.58. The van der Waals surface area contributed by atoms with Crippen LogP contribution in [0.4, 0.5) is 0 Å². The minimum Gasteiger partial charge on any atom is -0.482 e. The monoisotopic (exact) mass is 554 g/mol. The number of carbonyl (C=O) groups is 2. The van der Waals surface area contributed by atoms with Crippen molar-refractivity contribution in [1.82, 2.24) is 5.43 Å². The summed E-state index contributed by atoms with van der Waals surface area (Å²) in [5, 5.41) is 4.94. The highest BCUT2D eigenvalue weighted by atomic mass is 79.9. The van der Waals surface area contributed by atoms with E-state index in [1.54, 1.807) is 60.7 Å². The van der Waals surface area contributed by atoms with Crippen LogP contribution in [0.15, 0.2) is 70.2 Å². The van der Waals surface area contributed by atoms with Crippen LogP contribution < -0.4 is 14.9 Å². The fourth-order valence-corrected chi connectivity index (χ4v) is 3.25. The first-order chi connectivity index (χ1) is 15.3. The molecule has 32 heavy (non-hydrogen) atoms. The molecule has 1 N–H and O–H groups in total. The summed E-state index contributed by atoms with van der Waals surface area (Å²) in [6, 6.07) is 16.2. The maximum absolute atomic E-state index is 12.4. The van der Waals surface area contributed by atoms with Gasteiger partial charge in [0.2, 0.25) is 0 Å². The van der Waals surface area contributed by atoms with Crippen molar-refractivity contribution in [2.45, 2.75) is 0 Å². The first-order valence-electron chi connectivity index (χ1n) is 8.99. The number of benzene rings is 3. The molecule has 0 aliphatic rings. The molecule has 3 rings (SSSR count). The zero-order valence-electron chi connectivity index (χ0n) is 16.2. The average Bonchev–Trinajstić information content (AvgIpc) is 2.77. The van der Waals surface area contributed by atoms with Crippen molar-refractivity contribution in [3.05, 3.63) is 91.3 Å². The van der Waals surface area contributed by atoms with E-state index in [0.29, 0.717) is 21.2 Å². The first kappa shape index (κ1) is 24.1. The standard InChI is InChI=1S/C22H14BrCl3N2O4/c23-15-6-9-18(32-22(30)13-4-7-16(24)8-5-13)14(10-15)11-27-28-20(29)12-31-19-3-1-2-17(25)21(19)26/h1-11H,12H2,(H,28,29). The molecule has 0 bridgehead atoms. The summed E-state index contributed by atoms with van der Waals surface area (Å²) in [5.41, 5.74) is 3.13. The molecule has 0 fully saturated rings. The normalized spacial score (nSPS) is 10.8. The van der Waals surface area contributed by atoms with Gasteiger partial charge in [-0.1, -0.05) is 56.8 Å². The lowest BCUT2D eigenvalue weighted by Gasteiger charge is -2.09.